The summed E-state index contributed by atoms with van der Waals surface area (Å²) in [4.78, 5) is 12.7. The predicted molar refractivity (Wildman–Crippen MR) is 91.0 cm³/mol. The molecule has 7 heteroatoms. The number of hydrogen-bond acceptors (Lipinski definition) is 3. The van der Waals surface area contributed by atoms with Crippen molar-refractivity contribution in [2.45, 2.75) is 31.7 Å². The van der Waals surface area contributed by atoms with Gasteiger partial charge in [-0.15, -0.1) is 5.10 Å². The number of rotatable bonds is 5. The van der Waals surface area contributed by atoms with Crippen LogP contribution in [0.15, 0.2) is 48.9 Å². The van der Waals surface area contributed by atoms with Gasteiger partial charge in [0.25, 0.3) is 0 Å². The van der Waals surface area contributed by atoms with Crippen LogP contribution in [-0.4, -0.2) is 25.5 Å². The SMILES string of the molecule is CCn1cc(-n2ccc(NC(=O)C3(c4ccccc4F)CC3)n2)cn1. The standard InChI is InChI=1S/C18H18FN5O/c1-2-23-12-13(11-20-23)24-10-7-16(22-24)21-17(25)18(8-9-18)14-5-3-4-6-15(14)19/h3-7,10-12H,2,8-9H2,1H3,(H,21,22,25). The van der Waals surface area contributed by atoms with Crippen LogP contribution in [0.5, 0.6) is 0 Å². The topological polar surface area (TPSA) is 64.7 Å². The summed E-state index contributed by atoms with van der Waals surface area (Å²) in [5.41, 5.74) is 0.496. The third-order valence-electron chi connectivity index (χ3n) is 4.61. The van der Waals surface area contributed by atoms with Crippen molar-refractivity contribution < 1.29 is 9.18 Å². The van der Waals surface area contributed by atoms with Crippen molar-refractivity contribution >= 4 is 11.7 Å². The number of carbonyl (C=O) groups excluding carboxylic acids is 1. The van der Waals surface area contributed by atoms with Crippen molar-refractivity contribution in [3.8, 4) is 5.69 Å². The number of nitrogens with zero attached hydrogens (tertiary/aromatic N) is 4. The molecule has 4 rings (SSSR count). The molecular weight excluding hydrogens is 321 g/mol. The number of amides is 1. The minimum atomic E-state index is -0.776. The maximum atomic E-state index is 14.1. The number of nitrogens with one attached hydrogen (secondary N) is 1. The summed E-state index contributed by atoms with van der Waals surface area (Å²) in [6.07, 6.45) is 6.63. The molecule has 1 saturated carbocycles. The van der Waals surface area contributed by atoms with Gasteiger partial charge in [-0.2, -0.15) is 5.10 Å². The number of carbonyl (C=O) groups is 1. The van der Waals surface area contributed by atoms with Gasteiger partial charge in [0, 0.05) is 24.4 Å². The molecule has 1 N–H and O–H groups in total. The summed E-state index contributed by atoms with van der Waals surface area (Å²) in [6.45, 7) is 2.78. The number of halogens is 1. The number of aryl methyl sites for hydroxylation is 1. The van der Waals surface area contributed by atoms with Gasteiger partial charge in [-0.3, -0.25) is 9.48 Å². The highest BCUT2D eigenvalue weighted by atomic mass is 19.1. The van der Waals surface area contributed by atoms with Crippen LogP contribution in [0.3, 0.4) is 0 Å². The predicted octanol–water partition coefficient (Wildman–Crippen LogP) is 2.90. The van der Waals surface area contributed by atoms with Gasteiger partial charge in [0.15, 0.2) is 5.82 Å². The Morgan fingerprint density at radius 1 is 1.32 bits per heavy atom. The van der Waals surface area contributed by atoms with E-state index in [9.17, 15) is 9.18 Å². The molecule has 0 atom stereocenters. The Morgan fingerprint density at radius 3 is 2.80 bits per heavy atom. The van der Waals surface area contributed by atoms with E-state index in [1.165, 1.54) is 6.07 Å². The summed E-state index contributed by atoms with van der Waals surface area (Å²) in [5, 5.41) is 11.4. The first kappa shape index (κ1) is 15.6. The van der Waals surface area contributed by atoms with E-state index in [-0.39, 0.29) is 11.7 Å². The van der Waals surface area contributed by atoms with Crippen molar-refractivity contribution in [3.05, 3.63) is 60.3 Å². The Hall–Kier alpha value is -2.96. The Balaban J connectivity index is 1.53. The molecule has 2 heterocycles. The lowest BCUT2D eigenvalue weighted by molar-refractivity contribution is -0.118. The van der Waals surface area contributed by atoms with Gasteiger partial charge in [-0.1, -0.05) is 18.2 Å². The van der Waals surface area contributed by atoms with Crippen LogP contribution in [0.1, 0.15) is 25.3 Å². The molecule has 0 unspecified atom stereocenters. The summed E-state index contributed by atoms with van der Waals surface area (Å²) < 4.78 is 17.5. The Kier molecular flexibility index (Phi) is 3.63. The van der Waals surface area contributed by atoms with Crippen molar-refractivity contribution in [3.63, 3.8) is 0 Å². The first-order chi connectivity index (χ1) is 12.1. The lowest BCUT2D eigenvalue weighted by atomic mass is 9.94. The second kappa shape index (κ2) is 5.84. The minimum Gasteiger partial charge on any atom is -0.308 e. The Morgan fingerprint density at radius 2 is 2.12 bits per heavy atom. The highest BCUT2D eigenvalue weighted by Crippen LogP contribution is 2.49. The minimum absolute atomic E-state index is 0.216. The molecule has 1 aliphatic carbocycles. The van der Waals surface area contributed by atoms with E-state index in [0.717, 1.165) is 12.2 Å². The molecule has 0 spiro atoms. The van der Waals surface area contributed by atoms with Crippen molar-refractivity contribution in [1.82, 2.24) is 19.6 Å². The molecule has 0 saturated heterocycles. The van der Waals surface area contributed by atoms with Crippen molar-refractivity contribution in [2.24, 2.45) is 0 Å². The van der Waals surface area contributed by atoms with Gasteiger partial charge in [-0.05, 0) is 25.8 Å². The quantitative estimate of drug-likeness (QED) is 0.777. The maximum absolute atomic E-state index is 14.1. The fourth-order valence-electron chi connectivity index (χ4n) is 3.01. The summed E-state index contributed by atoms with van der Waals surface area (Å²) in [5.74, 6) is -0.114. The van der Waals surface area contributed by atoms with E-state index in [1.54, 1.807) is 46.0 Å². The first-order valence-electron chi connectivity index (χ1n) is 8.27. The number of hydrogen-bond donors (Lipinski definition) is 1. The number of benzene rings is 1. The zero-order chi connectivity index (χ0) is 17.4. The summed E-state index contributed by atoms with van der Waals surface area (Å²) in [7, 11) is 0. The average Bonchev–Trinajstić information content (AvgIpc) is 3.05. The van der Waals surface area contributed by atoms with Crippen LogP contribution in [0, 0.1) is 5.82 Å². The highest BCUT2D eigenvalue weighted by Gasteiger charge is 2.52. The molecule has 25 heavy (non-hydrogen) atoms. The fourth-order valence-corrected chi connectivity index (χ4v) is 3.01. The van der Waals surface area contributed by atoms with Crippen LogP contribution in [0.2, 0.25) is 0 Å². The second-order valence-electron chi connectivity index (χ2n) is 6.22. The average molecular weight is 339 g/mol. The summed E-state index contributed by atoms with van der Waals surface area (Å²) in [6, 6.07) is 8.18. The lowest BCUT2D eigenvalue weighted by Gasteiger charge is -2.15. The number of aromatic nitrogens is 4. The van der Waals surface area contributed by atoms with E-state index in [4.69, 9.17) is 0 Å². The molecule has 0 radical (unpaired) electrons. The van der Waals surface area contributed by atoms with Crippen LogP contribution in [0.4, 0.5) is 10.2 Å². The van der Waals surface area contributed by atoms with E-state index in [2.05, 4.69) is 15.5 Å². The monoisotopic (exact) mass is 339 g/mol. The highest BCUT2D eigenvalue weighted by molar-refractivity contribution is 6.00. The van der Waals surface area contributed by atoms with E-state index >= 15 is 0 Å². The van der Waals surface area contributed by atoms with Crippen molar-refractivity contribution in [1.29, 1.82) is 0 Å². The van der Waals surface area contributed by atoms with E-state index in [0.29, 0.717) is 24.2 Å². The fraction of sp³-hybridized carbons (Fsp3) is 0.278. The molecule has 2 aromatic heterocycles. The van der Waals surface area contributed by atoms with E-state index in [1.807, 2.05) is 13.1 Å². The van der Waals surface area contributed by atoms with E-state index < -0.39 is 5.41 Å². The molecule has 1 amide bonds. The second-order valence-corrected chi connectivity index (χ2v) is 6.22. The van der Waals surface area contributed by atoms with Gasteiger partial charge < -0.3 is 5.32 Å². The molecule has 1 aliphatic rings. The molecule has 1 fully saturated rings. The largest absolute Gasteiger partial charge is 0.308 e. The molecule has 0 bridgehead atoms. The number of anilines is 1. The Bertz CT molecular complexity index is 925. The van der Waals surface area contributed by atoms with Crippen LogP contribution in [-0.2, 0) is 16.8 Å². The van der Waals surface area contributed by atoms with Gasteiger partial charge in [0.1, 0.15) is 11.5 Å². The zero-order valence-corrected chi connectivity index (χ0v) is 13.8. The molecule has 1 aromatic carbocycles. The van der Waals surface area contributed by atoms with Gasteiger partial charge in [0.05, 0.1) is 17.8 Å². The van der Waals surface area contributed by atoms with Gasteiger partial charge >= 0.3 is 0 Å². The third-order valence-corrected chi connectivity index (χ3v) is 4.61. The lowest BCUT2D eigenvalue weighted by Crippen LogP contribution is -2.28. The molecule has 6 nitrogen and oxygen atoms in total. The first-order valence-corrected chi connectivity index (χ1v) is 8.27. The molecule has 128 valence electrons. The van der Waals surface area contributed by atoms with Gasteiger partial charge in [0.2, 0.25) is 5.91 Å². The van der Waals surface area contributed by atoms with Gasteiger partial charge in [-0.25, -0.2) is 9.07 Å². The third kappa shape index (κ3) is 2.71. The smallest absolute Gasteiger partial charge is 0.236 e. The normalized spacial score (nSPS) is 15.1. The summed E-state index contributed by atoms with van der Waals surface area (Å²) >= 11 is 0. The van der Waals surface area contributed by atoms with Crippen LogP contribution < -0.4 is 5.32 Å². The molecule has 0 aliphatic heterocycles. The molecule has 3 aromatic rings. The van der Waals surface area contributed by atoms with Crippen LogP contribution >= 0.6 is 0 Å². The maximum Gasteiger partial charge on any atom is 0.236 e. The zero-order valence-electron chi connectivity index (χ0n) is 13.8. The van der Waals surface area contributed by atoms with Crippen LogP contribution in [0.25, 0.3) is 5.69 Å². The van der Waals surface area contributed by atoms with Crippen molar-refractivity contribution in [2.75, 3.05) is 5.32 Å². The molecular formula is C18H18FN5O. The Labute approximate surface area is 144 Å².